The van der Waals surface area contributed by atoms with Crippen LogP contribution in [0, 0.1) is 10.1 Å². The Morgan fingerprint density at radius 3 is 2.24 bits per heavy atom. The van der Waals surface area contributed by atoms with Crippen molar-refractivity contribution < 1.29 is 14.5 Å². The molecule has 0 atom stereocenters. The van der Waals surface area contributed by atoms with Gasteiger partial charge in [0, 0.05) is 11.6 Å². The van der Waals surface area contributed by atoms with Gasteiger partial charge in [0.05, 0.1) is 13.9 Å². The second kappa shape index (κ2) is 4.15. The van der Waals surface area contributed by atoms with Crippen LogP contribution in [0.2, 0.25) is 0 Å². The Morgan fingerprint density at radius 1 is 1.06 bits per heavy atom. The molecule has 0 saturated heterocycles. The number of allylic oxidation sites excluding steroid dienone is 2. The van der Waals surface area contributed by atoms with Gasteiger partial charge in [0.2, 0.25) is 11.6 Å². The molecular weight excluding hydrogens is 358 g/mol. The number of nitro groups is 1. The van der Waals surface area contributed by atoms with Gasteiger partial charge in [0.15, 0.2) is 0 Å². The van der Waals surface area contributed by atoms with Crippen molar-refractivity contribution in [1.29, 1.82) is 0 Å². The van der Waals surface area contributed by atoms with E-state index < -0.39 is 16.5 Å². The zero-order valence-electron chi connectivity index (χ0n) is 8.07. The summed E-state index contributed by atoms with van der Waals surface area (Å²) < 4.78 is 0.0831. The molecule has 1 aliphatic rings. The number of benzene rings is 1. The van der Waals surface area contributed by atoms with Crippen molar-refractivity contribution in [2.24, 2.45) is 0 Å². The molecule has 0 saturated carbocycles. The summed E-state index contributed by atoms with van der Waals surface area (Å²) in [6.45, 7) is 0. The average molecular weight is 361 g/mol. The normalized spacial score (nSPS) is 14.9. The topological polar surface area (TPSA) is 77.3 Å². The standard InChI is InChI=1S/C10H3Br2NO4/c11-7-8(12)10(15)6-4(9(7)14)2-1-3-5(6)13(16)17/h1-3H. The molecule has 0 aromatic heterocycles. The quantitative estimate of drug-likeness (QED) is 0.569. The van der Waals surface area contributed by atoms with Gasteiger partial charge in [0.25, 0.3) is 5.69 Å². The average Bonchev–Trinajstić information content (AvgIpc) is 2.32. The summed E-state index contributed by atoms with van der Waals surface area (Å²) in [7, 11) is 0. The van der Waals surface area contributed by atoms with Crippen molar-refractivity contribution in [2.45, 2.75) is 0 Å². The largest absolute Gasteiger partial charge is 0.288 e. The van der Waals surface area contributed by atoms with E-state index >= 15 is 0 Å². The van der Waals surface area contributed by atoms with Gasteiger partial charge in [0.1, 0.15) is 5.56 Å². The van der Waals surface area contributed by atoms with Crippen LogP contribution in [0.3, 0.4) is 0 Å². The highest BCUT2D eigenvalue weighted by molar-refractivity contribution is 9.14. The van der Waals surface area contributed by atoms with Crippen LogP contribution < -0.4 is 0 Å². The lowest BCUT2D eigenvalue weighted by atomic mass is 9.93. The number of hydrogen-bond donors (Lipinski definition) is 0. The lowest BCUT2D eigenvalue weighted by Crippen LogP contribution is -2.18. The number of rotatable bonds is 1. The number of carbonyl (C=O) groups is 2. The molecule has 0 radical (unpaired) electrons. The molecule has 0 N–H and O–H groups in total. The van der Waals surface area contributed by atoms with Crippen molar-refractivity contribution >= 4 is 49.1 Å². The molecule has 2 rings (SSSR count). The number of nitrogens with zero attached hydrogens (tertiary/aromatic N) is 1. The van der Waals surface area contributed by atoms with Crippen molar-refractivity contribution in [2.75, 3.05) is 0 Å². The van der Waals surface area contributed by atoms with Gasteiger partial charge < -0.3 is 0 Å². The van der Waals surface area contributed by atoms with E-state index in [0.29, 0.717) is 0 Å². The fraction of sp³-hybridized carbons (Fsp3) is 0. The molecule has 1 aromatic rings. The smallest absolute Gasteiger partial charge is 0.281 e. The van der Waals surface area contributed by atoms with Crippen LogP contribution in [0.5, 0.6) is 0 Å². The minimum Gasteiger partial charge on any atom is -0.288 e. The Morgan fingerprint density at radius 2 is 1.65 bits per heavy atom. The van der Waals surface area contributed by atoms with Crippen molar-refractivity contribution in [3.8, 4) is 0 Å². The van der Waals surface area contributed by atoms with Gasteiger partial charge in [-0.25, -0.2) is 0 Å². The first kappa shape index (κ1) is 12.1. The molecule has 0 amide bonds. The summed E-state index contributed by atoms with van der Waals surface area (Å²) >= 11 is 5.94. The van der Waals surface area contributed by atoms with E-state index in [1.807, 2.05) is 0 Å². The van der Waals surface area contributed by atoms with Crippen LogP contribution in [-0.2, 0) is 0 Å². The van der Waals surface area contributed by atoms with Crippen LogP contribution in [-0.4, -0.2) is 16.5 Å². The molecule has 0 spiro atoms. The van der Waals surface area contributed by atoms with Crippen molar-refractivity contribution in [3.63, 3.8) is 0 Å². The van der Waals surface area contributed by atoms with Gasteiger partial charge in [-0.3, -0.25) is 19.7 Å². The SMILES string of the molecule is O=C1C(Br)=C(Br)C(=O)c2c1cccc2[N+](=O)[O-]. The maximum atomic E-state index is 11.9. The Labute approximate surface area is 112 Å². The summed E-state index contributed by atoms with van der Waals surface area (Å²) in [5.41, 5.74) is -0.491. The fourth-order valence-electron chi connectivity index (χ4n) is 1.55. The van der Waals surface area contributed by atoms with Gasteiger partial charge in [-0.1, -0.05) is 6.07 Å². The van der Waals surface area contributed by atoms with Crippen LogP contribution in [0.25, 0.3) is 0 Å². The number of carbonyl (C=O) groups excluding carboxylic acids is 2. The lowest BCUT2D eigenvalue weighted by molar-refractivity contribution is -0.385. The van der Waals surface area contributed by atoms with Crippen LogP contribution >= 0.6 is 31.9 Å². The van der Waals surface area contributed by atoms with Crippen molar-refractivity contribution in [1.82, 2.24) is 0 Å². The number of halogens is 2. The number of Topliss-reactive ketones (excluding diaryl/α,β-unsaturated/α-hetero) is 2. The fourth-order valence-corrected chi connectivity index (χ4v) is 2.32. The minimum atomic E-state index is -0.677. The molecule has 7 heteroatoms. The highest BCUT2D eigenvalue weighted by atomic mass is 79.9. The summed E-state index contributed by atoms with van der Waals surface area (Å²) in [6.07, 6.45) is 0. The molecule has 0 bridgehead atoms. The molecule has 0 heterocycles. The number of hydrogen-bond acceptors (Lipinski definition) is 4. The minimum absolute atomic E-state index is 0.00398. The second-order valence-electron chi connectivity index (χ2n) is 3.24. The Bertz CT molecular complexity index is 606. The van der Waals surface area contributed by atoms with E-state index in [0.717, 1.165) is 0 Å². The van der Waals surface area contributed by atoms with Crippen LogP contribution in [0.4, 0.5) is 5.69 Å². The summed E-state index contributed by atoms with van der Waals surface area (Å²) in [5, 5.41) is 10.8. The van der Waals surface area contributed by atoms with E-state index in [9.17, 15) is 19.7 Å². The molecule has 0 aliphatic heterocycles. The highest BCUT2D eigenvalue weighted by Gasteiger charge is 2.35. The predicted molar refractivity (Wildman–Crippen MR) is 66.6 cm³/mol. The first-order chi connectivity index (χ1) is 7.95. The predicted octanol–water partition coefficient (Wildman–Crippen LogP) is 2.98. The van der Waals surface area contributed by atoms with Crippen molar-refractivity contribution in [3.05, 3.63) is 48.4 Å². The van der Waals surface area contributed by atoms with E-state index in [4.69, 9.17) is 0 Å². The third kappa shape index (κ3) is 1.75. The lowest BCUT2D eigenvalue weighted by Gasteiger charge is -2.13. The Balaban J connectivity index is 2.81. The van der Waals surface area contributed by atoms with Gasteiger partial charge in [-0.15, -0.1) is 0 Å². The molecule has 1 aliphatic carbocycles. The number of nitro benzene ring substituents is 1. The molecule has 86 valence electrons. The van der Waals surface area contributed by atoms with Crippen LogP contribution in [0.1, 0.15) is 20.7 Å². The molecule has 17 heavy (non-hydrogen) atoms. The third-order valence-electron chi connectivity index (χ3n) is 2.30. The first-order valence-corrected chi connectivity index (χ1v) is 5.95. The number of ketones is 2. The molecule has 0 unspecified atom stereocenters. The van der Waals surface area contributed by atoms with E-state index in [1.165, 1.54) is 18.2 Å². The Hall–Kier alpha value is -1.34. The Kier molecular flexibility index (Phi) is 2.96. The summed E-state index contributed by atoms with van der Waals surface area (Å²) in [5.74, 6) is -1.02. The van der Waals surface area contributed by atoms with Gasteiger partial charge in [-0.2, -0.15) is 0 Å². The summed E-state index contributed by atoms with van der Waals surface area (Å²) in [4.78, 5) is 33.9. The third-order valence-corrected chi connectivity index (χ3v) is 4.35. The van der Waals surface area contributed by atoms with E-state index in [1.54, 1.807) is 0 Å². The molecular formula is C10H3Br2NO4. The number of fused-ring (bicyclic) bond motifs is 1. The zero-order valence-corrected chi connectivity index (χ0v) is 11.2. The van der Waals surface area contributed by atoms with E-state index in [2.05, 4.69) is 31.9 Å². The maximum absolute atomic E-state index is 11.9. The molecule has 0 fully saturated rings. The summed E-state index contributed by atoms with van der Waals surface area (Å²) in [6, 6.07) is 3.97. The van der Waals surface area contributed by atoms with E-state index in [-0.39, 0.29) is 25.8 Å². The zero-order chi connectivity index (χ0) is 12.7. The maximum Gasteiger partial charge on any atom is 0.281 e. The molecule has 5 nitrogen and oxygen atoms in total. The highest BCUT2D eigenvalue weighted by Crippen LogP contribution is 2.36. The van der Waals surface area contributed by atoms with Gasteiger partial charge >= 0.3 is 0 Å². The monoisotopic (exact) mass is 359 g/mol. The van der Waals surface area contributed by atoms with Gasteiger partial charge in [-0.05, 0) is 37.9 Å². The second-order valence-corrected chi connectivity index (χ2v) is 4.83. The first-order valence-electron chi connectivity index (χ1n) is 4.37. The van der Waals surface area contributed by atoms with Crippen LogP contribution in [0.15, 0.2) is 27.2 Å². The molecule has 1 aromatic carbocycles.